The molecule has 31 heavy (non-hydrogen) atoms. The topological polar surface area (TPSA) is 133 Å². The van der Waals surface area contributed by atoms with E-state index < -0.39 is 29.4 Å². The van der Waals surface area contributed by atoms with E-state index in [1.54, 1.807) is 30.3 Å². The van der Waals surface area contributed by atoms with Gasteiger partial charge in [0, 0.05) is 18.1 Å². The second-order valence-corrected chi connectivity index (χ2v) is 10.9. The van der Waals surface area contributed by atoms with Crippen LogP contribution >= 0.6 is 34.9 Å². The number of β-lactam (4-membered cyclic amide) rings is 1. The first-order valence-electron chi connectivity index (χ1n) is 9.42. The van der Waals surface area contributed by atoms with Crippen LogP contribution in [0.3, 0.4) is 0 Å². The second kappa shape index (κ2) is 8.77. The number of aliphatic hydroxyl groups is 1. The van der Waals surface area contributed by atoms with Crippen molar-refractivity contribution in [1.82, 2.24) is 20.4 Å². The molecule has 3 unspecified atom stereocenters. The van der Waals surface area contributed by atoms with Crippen LogP contribution in [-0.4, -0.2) is 72.6 Å². The molecule has 2 amide bonds. The molecule has 2 fully saturated rings. The first-order chi connectivity index (χ1) is 14.8. The molecule has 0 radical (unpaired) electrons. The number of benzene rings is 1. The molecule has 0 bridgehead atoms. The molecular weight excluding hydrogens is 460 g/mol. The lowest BCUT2D eigenvalue weighted by Gasteiger charge is -2.53. The van der Waals surface area contributed by atoms with E-state index in [0.717, 1.165) is 5.01 Å². The van der Waals surface area contributed by atoms with Gasteiger partial charge in [-0.1, -0.05) is 53.4 Å². The summed E-state index contributed by atoms with van der Waals surface area (Å²) in [5.41, 5.74) is -0.673. The maximum absolute atomic E-state index is 12.7. The number of hydrogen-bond acceptors (Lipinski definition) is 9. The van der Waals surface area contributed by atoms with Crippen molar-refractivity contribution in [2.75, 3.05) is 18.1 Å². The number of hydrogen-bond donors (Lipinski definition) is 3. The molecular formula is C19H20N4O5S3. The molecule has 4 rings (SSSR count). The van der Waals surface area contributed by atoms with Crippen molar-refractivity contribution < 1.29 is 24.6 Å². The predicted molar refractivity (Wildman–Crippen MR) is 117 cm³/mol. The van der Waals surface area contributed by atoms with Gasteiger partial charge in [-0.05, 0) is 12.5 Å². The van der Waals surface area contributed by atoms with Crippen LogP contribution in [0.1, 0.15) is 16.7 Å². The number of carboxylic acid groups (broad SMARTS) is 1. The van der Waals surface area contributed by atoms with Gasteiger partial charge < -0.3 is 20.4 Å². The van der Waals surface area contributed by atoms with Crippen molar-refractivity contribution in [1.29, 1.82) is 0 Å². The van der Waals surface area contributed by atoms with E-state index in [4.69, 9.17) is 0 Å². The van der Waals surface area contributed by atoms with Crippen LogP contribution < -0.4 is 5.32 Å². The first kappa shape index (κ1) is 22.1. The highest BCUT2D eigenvalue weighted by Gasteiger charge is 2.57. The monoisotopic (exact) mass is 480 g/mol. The van der Waals surface area contributed by atoms with Gasteiger partial charge >= 0.3 is 5.97 Å². The molecule has 2 aromatic rings. The summed E-state index contributed by atoms with van der Waals surface area (Å²) in [6.45, 7) is 1.90. The van der Waals surface area contributed by atoms with E-state index in [-0.39, 0.29) is 23.6 Å². The minimum absolute atomic E-state index is 0.0667. The number of aliphatic hydroxyl groups excluding tert-OH is 1. The Kier molecular flexibility index (Phi) is 6.24. The van der Waals surface area contributed by atoms with Gasteiger partial charge in [0.05, 0.1) is 0 Å². The number of carboxylic acids is 1. The zero-order chi connectivity index (χ0) is 22.2. The van der Waals surface area contributed by atoms with Gasteiger partial charge in [-0.3, -0.25) is 14.4 Å². The maximum Gasteiger partial charge on any atom is 0.313 e. The standard InChI is InChI=1S/C19H20N4O5S3/c1-10-21-22-18(31-10)30-9-19(17(27)28)7-23-15(26)12(16(23)29-8-19)20-14(25)13(24)11-5-3-2-4-6-11/h2-6,12-13,16,24H,7-9H2,1H3,(H,20,25)(H,27,28)/t12?,13?,16-,19?/m1/s1. The summed E-state index contributed by atoms with van der Waals surface area (Å²) in [4.78, 5) is 38.7. The SMILES string of the molecule is Cc1nnc(SCC2(C(=O)O)CS[C@@H]3C(NC(=O)C(O)c4ccccc4)C(=O)N3C2)s1. The zero-order valence-electron chi connectivity index (χ0n) is 16.4. The third-order valence-electron chi connectivity index (χ3n) is 5.24. The fraction of sp³-hybridized carbons (Fsp3) is 0.421. The number of thioether (sulfide) groups is 2. The lowest BCUT2D eigenvalue weighted by Crippen LogP contribution is -2.74. The Hall–Kier alpha value is -2.15. The largest absolute Gasteiger partial charge is 0.481 e. The number of nitrogens with one attached hydrogen (secondary N) is 1. The summed E-state index contributed by atoms with van der Waals surface area (Å²) in [6, 6.07) is 7.69. The van der Waals surface area contributed by atoms with E-state index in [0.29, 0.717) is 15.7 Å². The molecule has 0 aliphatic carbocycles. The summed E-state index contributed by atoms with van der Waals surface area (Å²) < 4.78 is 0.695. The van der Waals surface area contributed by atoms with Gasteiger partial charge in [0.25, 0.3) is 5.91 Å². The van der Waals surface area contributed by atoms with Crippen molar-refractivity contribution >= 4 is 52.6 Å². The number of carbonyl (C=O) groups excluding carboxylic acids is 2. The molecule has 4 atom stereocenters. The van der Waals surface area contributed by atoms with E-state index in [1.807, 2.05) is 6.92 Å². The van der Waals surface area contributed by atoms with Crippen LogP contribution in [0.2, 0.25) is 0 Å². The molecule has 2 saturated heterocycles. The number of amides is 2. The average molecular weight is 481 g/mol. The van der Waals surface area contributed by atoms with E-state index in [9.17, 15) is 24.6 Å². The smallest absolute Gasteiger partial charge is 0.313 e. The normalized spacial score (nSPS) is 26.0. The van der Waals surface area contributed by atoms with Gasteiger partial charge in [0.1, 0.15) is 21.8 Å². The average Bonchev–Trinajstić information content (AvgIpc) is 3.20. The lowest BCUT2D eigenvalue weighted by atomic mass is 9.89. The molecule has 0 spiro atoms. The Bertz CT molecular complexity index is 1000. The number of aliphatic carboxylic acids is 1. The number of rotatable bonds is 7. The molecule has 12 heteroatoms. The van der Waals surface area contributed by atoms with Crippen LogP contribution in [0.5, 0.6) is 0 Å². The number of carbonyl (C=O) groups is 3. The fourth-order valence-electron chi connectivity index (χ4n) is 3.46. The van der Waals surface area contributed by atoms with Crippen molar-refractivity contribution in [2.24, 2.45) is 5.41 Å². The van der Waals surface area contributed by atoms with Gasteiger partial charge in [0.2, 0.25) is 5.91 Å². The molecule has 1 aromatic carbocycles. The summed E-state index contributed by atoms with van der Waals surface area (Å²) in [5.74, 6) is -1.39. The van der Waals surface area contributed by atoms with Gasteiger partial charge in [-0.25, -0.2) is 0 Å². The number of aryl methyl sites for hydroxylation is 1. The summed E-state index contributed by atoms with van der Waals surface area (Å²) >= 11 is 4.06. The Morgan fingerprint density at radius 2 is 2.10 bits per heavy atom. The van der Waals surface area contributed by atoms with E-state index >= 15 is 0 Å². The third-order valence-corrected chi connectivity index (χ3v) is 9.09. The summed E-state index contributed by atoms with van der Waals surface area (Å²) in [6.07, 6.45) is -1.37. The Morgan fingerprint density at radius 1 is 1.35 bits per heavy atom. The molecule has 0 saturated carbocycles. The summed E-state index contributed by atoms with van der Waals surface area (Å²) in [5, 5.41) is 31.2. The quantitative estimate of drug-likeness (QED) is 0.394. The lowest BCUT2D eigenvalue weighted by molar-refractivity contribution is -0.158. The molecule has 3 N–H and O–H groups in total. The van der Waals surface area contributed by atoms with Crippen LogP contribution in [0.25, 0.3) is 0 Å². The molecule has 1 aromatic heterocycles. The van der Waals surface area contributed by atoms with E-state index in [2.05, 4.69) is 15.5 Å². The Morgan fingerprint density at radius 3 is 2.74 bits per heavy atom. The highest BCUT2D eigenvalue weighted by atomic mass is 32.2. The third kappa shape index (κ3) is 4.29. The van der Waals surface area contributed by atoms with Gasteiger partial charge in [-0.2, -0.15) is 0 Å². The first-order valence-corrected chi connectivity index (χ1v) is 12.3. The zero-order valence-corrected chi connectivity index (χ0v) is 18.9. The van der Waals surface area contributed by atoms with Crippen molar-refractivity contribution in [3.8, 4) is 0 Å². The minimum Gasteiger partial charge on any atom is -0.481 e. The number of nitrogens with zero attached hydrogens (tertiary/aromatic N) is 3. The van der Waals surface area contributed by atoms with Crippen LogP contribution in [0.15, 0.2) is 34.7 Å². The predicted octanol–water partition coefficient (Wildman–Crippen LogP) is 1.14. The molecule has 9 nitrogen and oxygen atoms in total. The van der Waals surface area contributed by atoms with Gasteiger partial charge in [-0.15, -0.1) is 22.0 Å². The van der Waals surface area contributed by atoms with Crippen LogP contribution in [0.4, 0.5) is 0 Å². The highest BCUT2D eigenvalue weighted by molar-refractivity contribution is 8.01. The molecule has 2 aliphatic rings. The Balaban J connectivity index is 1.39. The number of fused-ring (bicyclic) bond motifs is 1. The van der Waals surface area contributed by atoms with E-state index in [1.165, 1.54) is 39.8 Å². The second-order valence-electron chi connectivity index (χ2n) is 7.43. The number of aromatic nitrogens is 2. The maximum atomic E-state index is 12.7. The van der Waals surface area contributed by atoms with Crippen molar-refractivity contribution in [3.05, 3.63) is 40.9 Å². The van der Waals surface area contributed by atoms with Crippen molar-refractivity contribution in [2.45, 2.75) is 28.8 Å². The molecule has 2 aliphatic heterocycles. The van der Waals surface area contributed by atoms with Crippen LogP contribution in [0, 0.1) is 12.3 Å². The Labute approximate surface area is 190 Å². The fourth-order valence-corrected chi connectivity index (χ4v) is 7.14. The molecule has 164 valence electrons. The minimum atomic E-state index is -1.37. The van der Waals surface area contributed by atoms with Crippen LogP contribution in [-0.2, 0) is 14.4 Å². The summed E-state index contributed by atoms with van der Waals surface area (Å²) in [7, 11) is 0. The van der Waals surface area contributed by atoms with Gasteiger partial charge in [0.15, 0.2) is 10.4 Å². The van der Waals surface area contributed by atoms with Crippen molar-refractivity contribution in [3.63, 3.8) is 0 Å². The molecule has 3 heterocycles. The highest BCUT2D eigenvalue weighted by Crippen LogP contribution is 2.44.